The van der Waals surface area contributed by atoms with E-state index in [1.807, 2.05) is 0 Å². The van der Waals surface area contributed by atoms with Crippen LogP contribution in [0.25, 0.3) is 0 Å². The number of halogens is 3. The van der Waals surface area contributed by atoms with Gasteiger partial charge >= 0.3 is 12.5 Å². The van der Waals surface area contributed by atoms with Crippen molar-refractivity contribution in [3.8, 4) is 0 Å². The molecule has 1 rings (SSSR count). The third-order valence-corrected chi connectivity index (χ3v) is 2.15. The van der Waals surface area contributed by atoms with Gasteiger partial charge in [-0.05, 0) is 25.2 Å². The molecule has 7 heteroatoms. The summed E-state index contributed by atoms with van der Waals surface area (Å²) in [6.07, 6.45) is -0.687. The van der Waals surface area contributed by atoms with Gasteiger partial charge in [-0.1, -0.05) is 6.08 Å². The van der Waals surface area contributed by atoms with Gasteiger partial charge in [-0.25, -0.2) is 4.79 Å². The van der Waals surface area contributed by atoms with Gasteiger partial charge in [0.2, 0.25) is 0 Å². The molecule has 1 aliphatic carbocycles. The first-order valence-corrected chi connectivity index (χ1v) is 5.17. The largest absolute Gasteiger partial charge is 0.572 e. The number of likely N-dealkylation sites (N-methyl/N-ethyl adjacent to an activating group) is 1. The van der Waals surface area contributed by atoms with Gasteiger partial charge in [0.1, 0.15) is 5.76 Å². The molecule has 18 heavy (non-hydrogen) atoms. The Morgan fingerprint density at radius 1 is 1.50 bits per heavy atom. The predicted molar refractivity (Wildman–Crippen MR) is 57.5 cm³/mol. The van der Waals surface area contributed by atoms with Crippen LogP contribution in [0.15, 0.2) is 35.8 Å². The molecule has 0 saturated heterocycles. The maximum atomic E-state index is 12.0. The summed E-state index contributed by atoms with van der Waals surface area (Å²) in [6, 6.07) is 0. The van der Waals surface area contributed by atoms with Crippen molar-refractivity contribution in [2.45, 2.75) is 19.7 Å². The fourth-order valence-electron chi connectivity index (χ4n) is 1.43. The molecule has 4 nitrogen and oxygen atoms in total. The quantitative estimate of drug-likeness (QED) is 0.850. The minimum absolute atomic E-state index is 0.0450. The fourth-order valence-corrected chi connectivity index (χ4v) is 1.43. The lowest BCUT2D eigenvalue weighted by atomic mass is 10.3. The normalized spacial score (nSPS) is 15.6. The number of hydrogen-bond acceptors (Lipinski definition) is 2. The van der Waals surface area contributed by atoms with Gasteiger partial charge in [-0.3, -0.25) is 4.90 Å². The smallest absolute Gasteiger partial charge is 0.465 e. The summed E-state index contributed by atoms with van der Waals surface area (Å²) in [5.74, 6) is -0.282. The van der Waals surface area contributed by atoms with Crippen molar-refractivity contribution in [1.29, 1.82) is 0 Å². The van der Waals surface area contributed by atoms with E-state index in [1.165, 1.54) is 18.2 Å². The maximum Gasteiger partial charge on any atom is 0.572 e. The second kappa shape index (κ2) is 5.61. The van der Waals surface area contributed by atoms with Crippen LogP contribution in [0.4, 0.5) is 18.0 Å². The Morgan fingerprint density at radius 3 is 2.67 bits per heavy atom. The van der Waals surface area contributed by atoms with Gasteiger partial charge in [0, 0.05) is 18.7 Å². The van der Waals surface area contributed by atoms with Gasteiger partial charge in [0.25, 0.3) is 0 Å². The lowest BCUT2D eigenvalue weighted by molar-refractivity contribution is -0.305. The van der Waals surface area contributed by atoms with E-state index >= 15 is 0 Å². The van der Waals surface area contributed by atoms with E-state index < -0.39 is 12.5 Å². The lowest BCUT2D eigenvalue weighted by Gasteiger charge is -2.17. The number of alkyl halides is 3. The second-order valence-corrected chi connectivity index (χ2v) is 3.41. The molecule has 0 aliphatic heterocycles. The Morgan fingerprint density at radius 2 is 2.17 bits per heavy atom. The number of rotatable bonds is 3. The Kier molecular flexibility index (Phi) is 4.41. The van der Waals surface area contributed by atoms with Crippen LogP contribution in [0, 0.1) is 0 Å². The summed E-state index contributed by atoms with van der Waals surface area (Å²) in [7, 11) is 0. The predicted octanol–water partition coefficient (Wildman–Crippen LogP) is 3.25. The molecule has 0 saturated carbocycles. The zero-order valence-electron chi connectivity index (χ0n) is 9.57. The van der Waals surface area contributed by atoms with Crippen LogP contribution in [0.1, 0.15) is 13.3 Å². The van der Waals surface area contributed by atoms with Crippen LogP contribution < -0.4 is 0 Å². The first kappa shape index (κ1) is 14.1. The van der Waals surface area contributed by atoms with Crippen molar-refractivity contribution in [2.75, 3.05) is 6.54 Å². The van der Waals surface area contributed by atoms with Gasteiger partial charge < -0.3 is 9.84 Å². The van der Waals surface area contributed by atoms with Crippen molar-refractivity contribution in [2.24, 2.45) is 0 Å². The third-order valence-electron chi connectivity index (χ3n) is 2.15. The first-order valence-electron chi connectivity index (χ1n) is 5.17. The summed E-state index contributed by atoms with van der Waals surface area (Å²) in [6.45, 7) is 1.83. The summed E-state index contributed by atoms with van der Waals surface area (Å²) in [4.78, 5) is 11.9. The molecule has 0 unspecified atom stereocenters. The summed E-state index contributed by atoms with van der Waals surface area (Å²) < 4.78 is 39.8. The zero-order valence-corrected chi connectivity index (χ0v) is 9.57. The molecule has 0 aromatic rings. The van der Waals surface area contributed by atoms with Crippen molar-refractivity contribution >= 4 is 6.09 Å². The van der Waals surface area contributed by atoms with E-state index in [1.54, 1.807) is 6.92 Å². The van der Waals surface area contributed by atoms with Gasteiger partial charge in [-0.15, -0.1) is 13.2 Å². The van der Waals surface area contributed by atoms with E-state index in [2.05, 4.69) is 4.74 Å². The van der Waals surface area contributed by atoms with E-state index in [-0.39, 0.29) is 18.7 Å². The molecule has 0 spiro atoms. The Bertz CT molecular complexity index is 410. The van der Waals surface area contributed by atoms with Crippen LogP contribution in [0.5, 0.6) is 0 Å². The highest BCUT2D eigenvalue weighted by molar-refractivity contribution is 5.68. The molecule has 1 aliphatic rings. The minimum Gasteiger partial charge on any atom is -0.465 e. The second-order valence-electron chi connectivity index (χ2n) is 3.41. The Hall–Kier alpha value is -1.92. The van der Waals surface area contributed by atoms with E-state index in [4.69, 9.17) is 5.11 Å². The van der Waals surface area contributed by atoms with Crippen molar-refractivity contribution in [3.63, 3.8) is 0 Å². The number of hydrogen-bond donors (Lipinski definition) is 1. The topological polar surface area (TPSA) is 49.8 Å². The zero-order chi connectivity index (χ0) is 13.8. The Labute approximate surface area is 102 Å². The van der Waals surface area contributed by atoms with Crippen molar-refractivity contribution < 1.29 is 27.8 Å². The summed E-state index contributed by atoms with van der Waals surface area (Å²) in [5.41, 5.74) is 0.297. The fraction of sp³-hybridized carbons (Fsp3) is 0.364. The SMILES string of the molecule is CCN(C(=O)O)C1=CC=C(OC(F)(F)F)CC=C1. The monoisotopic (exact) mass is 263 g/mol. The number of nitrogens with zero attached hydrogens (tertiary/aromatic N) is 1. The molecule has 0 aromatic carbocycles. The van der Waals surface area contributed by atoms with E-state index in [9.17, 15) is 18.0 Å². The summed E-state index contributed by atoms with van der Waals surface area (Å²) in [5, 5.41) is 8.89. The lowest BCUT2D eigenvalue weighted by Crippen LogP contribution is -2.27. The van der Waals surface area contributed by atoms with Crippen LogP contribution in [-0.2, 0) is 4.74 Å². The average molecular weight is 263 g/mol. The molecule has 1 N–H and O–H groups in total. The molecular weight excluding hydrogens is 251 g/mol. The molecule has 0 atom stereocenters. The van der Waals surface area contributed by atoms with Gasteiger partial charge in [0.05, 0.1) is 0 Å². The van der Waals surface area contributed by atoms with Crippen molar-refractivity contribution in [3.05, 3.63) is 35.8 Å². The molecule has 0 bridgehead atoms. The average Bonchev–Trinajstić information content (AvgIpc) is 2.42. The van der Waals surface area contributed by atoms with Crippen LogP contribution in [0.3, 0.4) is 0 Å². The number of ether oxygens (including phenoxy) is 1. The van der Waals surface area contributed by atoms with E-state index in [0.717, 1.165) is 11.0 Å². The standard InChI is InChI=1S/C11H12F3NO3/c1-2-15(10(16)17)8-4-3-5-9(7-6-8)18-11(12,13)14/h3-4,6-7H,2,5H2,1H3,(H,16,17). The number of carboxylic acid groups (broad SMARTS) is 1. The molecular formula is C11H12F3NO3. The first-order chi connectivity index (χ1) is 8.33. The van der Waals surface area contributed by atoms with Crippen LogP contribution >= 0.6 is 0 Å². The summed E-state index contributed by atoms with van der Waals surface area (Å²) >= 11 is 0. The molecule has 100 valence electrons. The number of amides is 1. The van der Waals surface area contributed by atoms with Crippen molar-refractivity contribution in [1.82, 2.24) is 4.90 Å². The van der Waals surface area contributed by atoms with E-state index in [0.29, 0.717) is 5.70 Å². The van der Waals surface area contributed by atoms with Gasteiger partial charge in [0.15, 0.2) is 0 Å². The molecule has 0 heterocycles. The van der Waals surface area contributed by atoms with Crippen LogP contribution in [0.2, 0.25) is 0 Å². The maximum absolute atomic E-state index is 12.0. The Balaban J connectivity index is 2.88. The number of carbonyl (C=O) groups is 1. The van der Waals surface area contributed by atoms with Gasteiger partial charge in [-0.2, -0.15) is 0 Å². The third kappa shape index (κ3) is 4.15. The minimum atomic E-state index is -4.74. The number of allylic oxidation sites excluding steroid dienone is 4. The van der Waals surface area contributed by atoms with Crippen LogP contribution in [-0.4, -0.2) is 29.0 Å². The molecule has 1 amide bonds. The molecule has 0 aromatic heterocycles. The highest BCUT2D eigenvalue weighted by atomic mass is 19.4. The molecule has 0 radical (unpaired) electrons. The molecule has 0 fully saturated rings. The highest BCUT2D eigenvalue weighted by Gasteiger charge is 2.31. The highest BCUT2D eigenvalue weighted by Crippen LogP contribution is 2.24.